The predicted octanol–water partition coefficient (Wildman–Crippen LogP) is 2.05. The molecule has 2 aromatic heterocycles. The van der Waals surface area contributed by atoms with Gasteiger partial charge in [0.2, 0.25) is 0 Å². The van der Waals surface area contributed by atoms with Gasteiger partial charge in [-0.05, 0) is 36.3 Å². The number of hydrogen-bond donors (Lipinski definition) is 0. The molecule has 1 fully saturated rings. The number of hydrogen-bond acceptors (Lipinski definition) is 4. The standard InChI is InChI=1S/C21H20N4O2/c26-19-10-16-5-3-7-18(16)23-25(19)13-14-11-24(12-14)21(27)20-17-6-2-1-4-15(17)8-9-22-20/h1-2,4,6,8-10,14H,3,5,7,11-13H2. The summed E-state index contributed by atoms with van der Waals surface area (Å²) in [5, 5.41) is 6.43. The first-order valence-corrected chi connectivity index (χ1v) is 9.42. The molecule has 3 aromatic rings. The minimum Gasteiger partial charge on any atom is -0.336 e. The first-order chi connectivity index (χ1) is 13.2. The van der Waals surface area contributed by atoms with Crippen LogP contribution in [0, 0.1) is 5.92 Å². The quantitative estimate of drug-likeness (QED) is 0.717. The summed E-state index contributed by atoms with van der Waals surface area (Å²) in [6.07, 6.45) is 4.68. The van der Waals surface area contributed by atoms with Crippen molar-refractivity contribution in [3.63, 3.8) is 0 Å². The molecule has 2 aliphatic rings. The van der Waals surface area contributed by atoms with E-state index in [9.17, 15) is 9.59 Å². The average Bonchev–Trinajstić information content (AvgIpc) is 3.10. The molecule has 1 saturated heterocycles. The van der Waals surface area contributed by atoms with Gasteiger partial charge in [0.25, 0.3) is 11.5 Å². The molecular formula is C21H20N4O2. The van der Waals surface area contributed by atoms with Crippen LogP contribution in [0.15, 0.2) is 47.4 Å². The number of likely N-dealkylation sites (tertiary alicyclic amines) is 1. The topological polar surface area (TPSA) is 68.1 Å². The molecule has 0 atom stereocenters. The lowest BCUT2D eigenvalue weighted by Gasteiger charge is -2.39. The highest BCUT2D eigenvalue weighted by Gasteiger charge is 2.33. The highest BCUT2D eigenvalue weighted by molar-refractivity contribution is 6.05. The van der Waals surface area contributed by atoms with Gasteiger partial charge in [-0.1, -0.05) is 24.3 Å². The second-order valence-corrected chi connectivity index (χ2v) is 7.45. The van der Waals surface area contributed by atoms with Crippen LogP contribution in [-0.2, 0) is 19.4 Å². The third kappa shape index (κ3) is 2.81. The van der Waals surface area contributed by atoms with Crippen molar-refractivity contribution in [1.29, 1.82) is 0 Å². The Hall–Kier alpha value is -3.02. The number of amides is 1. The first-order valence-electron chi connectivity index (χ1n) is 9.42. The van der Waals surface area contributed by atoms with E-state index in [4.69, 9.17) is 0 Å². The second kappa shape index (κ2) is 6.30. The first kappa shape index (κ1) is 16.2. The minimum absolute atomic E-state index is 0.0313. The Labute approximate surface area is 156 Å². The SMILES string of the molecule is O=C(c1nccc2ccccc12)N1CC(Cn2nc3c(cc2=O)CCC3)C1. The summed E-state index contributed by atoms with van der Waals surface area (Å²) in [5.74, 6) is 0.214. The lowest BCUT2D eigenvalue weighted by molar-refractivity contribution is 0.0454. The number of benzene rings is 1. The van der Waals surface area contributed by atoms with E-state index >= 15 is 0 Å². The van der Waals surface area contributed by atoms with Gasteiger partial charge in [0, 0.05) is 36.7 Å². The van der Waals surface area contributed by atoms with Crippen LogP contribution in [0.5, 0.6) is 0 Å². The van der Waals surface area contributed by atoms with E-state index in [0.29, 0.717) is 25.3 Å². The molecule has 0 N–H and O–H groups in total. The maximum Gasteiger partial charge on any atom is 0.273 e. The van der Waals surface area contributed by atoms with Gasteiger partial charge in [-0.2, -0.15) is 5.10 Å². The molecular weight excluding hydrogens is 340 g/mol. The monoisotopic (exact) mass is 360 g/mol. The van der Waals surface area contributed by atoms with E-state index in [2.05, 4.69) is 10.1 Å². The normalized spacial score (nSPS) is 16.4. The van der Waals surface area contributed by atoms with E-state index in [0.717, 1.165) is 41.3 Å². The fourth-order valence-corrected chi connectivity index (χ4v) is 4.11. The third-order valence-electron chi connectivity index (χ3n) is 5.58. The van der Waals surface area contributed by atoms with Crippen molar-refractivity contribution in [2.45, 2.75) is 25.8 Å². The Balaban J connectivity index is 1.30. The Bertz CT molecular complexity index is 1090. The molecule has 6 heteroatoms. The summed E-state index contributed by atoms with van der Waals surface area (Å²) < 4.78 is 1.58. The maximum absolute atomic E-state index is 12.8. The molecule has 3 heterocycles. The molecule has 5 rings (SSSR count). The number of pyridine rings is 1. The van der Waals surface area contributed by atoms with Crippen molar-refractivity contribution in [3.05, 3.63) is 69.9 Å². The van der Waals surface area contributed by atoms with Gasteiger partial charge in [-0.3, -0.25) is 14.6 Å². The van der Waals surface area contributed by atoms with Gasteiger partial charge in [0.05, 0.1) is 12.2 Å². The number of fused-ring (bicyclic) bond motifs is 2. The van der Waals surface area contributed by atoms with E-state index in [1.807, 2.05) is 30.3 Å². The van der Waals surface area contributed by atoms with Crippen LogP contribution >= 0.6 is 0 Å². The molecule has 1 aliphatic carbocycles. The summed E-state index contributed by atoms with van der Waals surface area (Å²) >= 11 is 0. The predicted molar refractivity (Wildman–Crippen MR) is 102 cm³/mol. The second-order valence-electron chi connectivity index (χ2n) is 7.45. The summed E-state index contributed by atoms with van der Waals surface area (Å²) in [6.45, 7) is 1.84. The van der Waals surface area contributed by atoms with E-state index < -0.39 is 0 Å². The van der Waals surface area contributed by atoms with Crippen molar-refractivity contribution in [1.82, 2.24) is 19.7 Å². The molecule has 1 aliphatic heterocycles. The molecule has 0 radical (unpaired) electrons. The van der Waals surface area contributed by atoms with Crippen molar-refractivity contribution in [3.8, 4) is 0 Å². The van der Waals surface area contributed by atoms with Gasteiger partial charge in [0.1, 0.15) is 5.69 Å². The van der Waals surface area contributed by atoms with E-state index in [-0.39, 0.29) is 17.4 Å². The highest BCUT2D eigenvalue weighted by atomic mass is 16.2. The summed E-state index contributed by atoms with van der Waals surface area (Å²) in [7, 11) is 0. The zero-order valence-corrected chi connectivity index (χ0v) is 15.0. The van der Waals surface area contributed by atoms with Crippen molar-refractivity contribution in [2.24, 2.45) is 5.92 Å². The molecule has 136 valence electrons. The lowest BCUT2D eigenvalue weighted by Crippen LogP contribution is -2.52. The molecule has 27 heavy (non-hydrogen) atoms. The van der Waals surface area contributed by atoms with Gasteiger partial charge in [0.15, 0.2) is 0 Å². The largest absolute Gasteiger partial charge is 0.336 e. The summed E-state index contributed by atoms with van der Waals surface area (Å²) in [5.41, 5.74) is 2.63. The van der Waals surface area contributed by atoms with Crippen molar-refractivity contribution >= 4 is 16.7 Å². The molecule has 1 aromatic carbocycles. The molecule has 0 spiro atoms. The molecule has 0 saturated carbocycles. The smallest absolute Gasteiger partial charge is 0.273 e. The average molecular weight is 360 g/mol. The van der Waals surface area contributed by atoms with Gasteiger partial charge >= 0.3 is 0 Å². The van der Waals surface area contributed by atoms with Gasteiger partial charge in [-0.25, -0.2) is 4.68 Å². The maximum atomic E-state index is 12.8. The van der Waals surface area contributed by atoms with Crippen LogP contribution in [0.3, 0.4) is 0 Å². The summed E-state index contributed by atoms with van der Waals surface area (Å²) in [4.78, 5) is 31.2. The zero-order valence-electron chi connectivity index (χ0n) is 15.0. The number of nitrogens with zero attached hydrogens (tertiary/aromatic N) is 4. The fraction of sp³-hybridized carbons (Fsp3) is 0.333. The number of aromatic nitrogens is 3. The van der Waals surface area contributed by atoms with Crippen LogP contribution in [0.25, 0.3) is 10.8 Å². The highest BCUT2D eigenvalue weighted by Crippen LogP contribution is 2.24. The van der Waals surface area contributed by atoms with Crippen LogP contribution in [0.2, 0.25) is 0 Å². The number of carbonyl (C=O) groups is 1. The van der Waals surface area contributed by atoms with Crippen LogP contribution in [0.4, 0.5) is 0 Å². The van der Waals surface area contributed by atoms with Crippen molar-refractivity contribution in [2.75, 3.05) is 13.1 Å². The van der Waals surface area contributed by atoms with Crippen LogP contribution < -0.4 is 5.56 Å². The molecule has 6 nitrogen and oxygen atoms in total. The van der Waals surface area contributed by atoms with Crippen molar-refractivity contribution < 1.29 is 4.79 Å². The van der Waals surface area contributed by atoms with E-state index in [1.165, 1.54) is 0 Å². The Morgan fingerprint density at radius 1 is 1.15 bits per heavy atom. The Morgan fingerprint density at radius 2 is 2.00 bits per heavy atom. The fourth-order valence-electron chi connectivity index (χ4n) is 4.11. The number of carbonyl (C=O) groups excluding carboxylic acids is 1. The molecule has 0 unspecified atom stereocenters. The van der Waals surface area contributed by atoms with Gasteiger partial charge in [-0.15, -0.1) is 0 Å². The van der Waals surface area contributed by atoms with Gasteiger partial charge < -0.3 is 4.90 Å². The zero-order chi connectivity index (χ0) is 18.4. The summed E-state index contributed by atoms with van der Waals surface area (Å²) in [6, 6.07) is 11.4. The number of rotatable bonds is 3. The molecule has 1 amide bonds. The third-order valence-corrected chi connectivity index (χ3v) is 5.58. The van der Waals surface area contributed by atoms with Crippen LogP contribution in [-0.4, -0.2) is 38.7 Å². The molecule has 0 bridgehead atoms. The van der Waals surface area contributed by atoms with E-state index in [1.54, 1.807) is 21.8 Å². The minimum atomic E-state index is -0.0442. The number of aryl methyl sites for hydroxylation is 2. The lowest BCUT2D eigenvalue weighted by atomic mass is 9.98. The van der Waals surface area contributed by atoms with Crippen LogP contribution in [0.1, 0.15) is 28.2 Å². The Morgan fingerprint density at radius 3 is 2.89 bits per heavy atom. The Kier molecular flexibility index (Phi) is 3.77.